The molecule has 0 aromatic carbocycles. The number of hydrogen-bond donors (Lipinski definition) is 0. The molecule has 0 aromatic rings. The highest BCUT2D eigenvalue weighted by molar-refractivity contribution is 5.76. The molecule has 2 fully saturated rings. The van der Waals surface area contributed by atoms with Gasteiger partial charge in [0.25, 0.3) is 0 Å². The van der Waals surface area contributed by atoms with E-state index in [1.54, 1.807) is 0 Å². The normalized spacial score (nSPS) is 49.1. The van der Waals surface area contributed by atoms with Crippen molar-refractivity contribution in [1.29, 1.82) is 0 Å². The van der Waals surface area contributed by atoms with Gasteiger partial charge in [-0.25, -0.2) is 0 Å². The summed E-state index contributed by atoms with van der Waals surface area (Å²) in [4.78, 5) is 11.3. The SMILES string of the molecule is C[C@H]1CC[C@H]2[C@@H]1C(=O)O[C@@H]2C. The fraction of sp³-hybridized carbons (Fsp3) is 0.889. The van der Waals surface area contributed by atoms with E-state index in [2.05, 4.69) is 6.92 Å². The van der Waals surface area contributed by atoms with Gasteiger partial charge < -0.3 is 4.74 Å². The van der Waals surface area contributed by atoms with Crippen LogP contribution in [0.4, 0.5) is 0 Å². The van der Waals surface area contributed by atoms with Crippen LogP contribution < -0.4 is 0 Å². The largest absolute Gasteiger partial charge is 0.462 e. The summed E-state index contributed by atoms with van der Waals surface area (Å²) in [6, 6.07) is 0. The highest BCUT2D eigenvalue weighted by Gasteiger charge is 2.48. The fourth-order valence-electron chi connectivity index (χ4n) is 2.52. The van der Waals surface area contributed by atoms with Crippen molar-refractivity contribution in [3.63, 3.8) is 0 Å². The van der Waals surface area contributed by atoms with Crippen molar-refractivity contribution in [3.05, 3.63) is 0 Å². The first kappa shape index (κ1) is 7.14. The van der Waals surface area contributed by atoms with Gasteiger partial charge in [-0.2, -0.15) is 0 Å². The number of carbonyl (C=O) groups is 1. The summed E-state index contributed by atoms with van der Waals surface area (Å²) in [5.41, 5.74) is 0. The molecule has 4 atom stereocenters. The zero-order valence-corrected chi connectivity index (χ0v) is 7.04. The Morgan fingerprint density at radius 2 is 2.09 bits per heavy atom. The van der Waals surface area contributed by atoms with Crippen molar-refractivity contribution in [3.8, 4) is 0 Å². The summed E-state index contributed by atoms with van der Waals surface area (Å²) in [7, 11) is 0. The average molecular weight is 154 g/mol. The number of fused-ring (bicyclic) bond motifs is 1. The molecule has 1 aliphatic heterocycles. The zero-order chi connectivity index (χ0) is 8.01. The summed E-state index contributed by atoms with van der Waals surface area (Å²) in [5, 5.41) is 0. The lowest BCUT2D eigenvalue weighted by Gasteiger charge is -2.08. The van der Waals surface area contributed by atoms with Gasteiger partial charge in [0.05, 0.1) is 5.92 Å². The van der Waals surface area contributed by atoms with E-state index >= 15 is 0 Å². The third-order valence-corrected chi connectivity index (χ3v) is 3.21. The van der Waals surface area contributed by atoms with Crippen LogP contribution in [0.2, 0.25) is 0 Å². The Hall–Kier alpha value is -0.530. The topological polar surface area (TPSA) is 26.3 Å². The molecule has 2 rings (SSSR count). The van der Waals surface area contributed by atoms with Crippen LogP contribution in [-0.2, 0) is 9.53 Å². The van der Waals surface area contributed by atoms with Crippen molar-refractivity contribution < 1.29 is 9.53 Å². The predicted octanol–water partition coefficient (Wildman–Crippen LogP) is 1.59. The fourth-order valence-corrected chi connectivity index (χ4v) is 2.52. The number of ether oxygens (including phenoxy) is 1. The lowest BCUT2D eigenvalue weighted by Crippen LogP contribution is -2.16. The lowest BCUT2D eigenvalue weighted by molar-refractivity contribution is -0.144. The van der Waals surface area contributed by atoms with Gasteiger partial charge in [0.15, 0.2) is 0 Å². The standard InChI is InChI=1S/C9H14O2/c1-5-3-4-7-6(2)11-9(10)8(5)7/h5-8H,3-4H2,1-2H3/t5-,6+,7+,8+/m0/s1. The first-order valence-electron chi connectivity index (χ1n) is 4.40. The van der Waals surface area contributed by atoms with Gasteiger partial charge >= 0.3 is 5.97 Å². The molecular formula is C9H14O2. The molecule has 0 bridgehead atoms. The minimum absolute atomic E-state index is 0.0486. The van der Waals surface area contributed by atoms with Crippen molar-refractivity contribution in [1.82, 2.24) is 0 Å². The lowest BCUT2D eigenvalue weighted by atomic mass is 9.90. The van der Waals surface area contributed by atoms with Gasteiger partial charge in [0.2, 0.25) is 0 Å². The van der Waals surface area contributed by atoms with Crippen LogP contribution in [0.15, 0.2) is 0 Å². The van der Waals surface area contributed by atoms with E-state index in [4.69, 9.17) is 4.74 Å². The molecule has 0 N–H and O–H groups in total. The van der Waals surface area contributed by atoms with Crippen molar-refractivity contribution in [2.75, 3.05) is 0 Å². The molecule has 1 heterocycles. The number of esters is 1. The second-order valence-electron chi connectivity index (χ2n) is 3.89. The minimum Gasteiger partial charge on any atom is -0.462 e. The maximum absolute atomic E-state index is 11.3. The second kappa shape index (κ2) is 2.23. The molecule has 0 spiro atoms. The molecule has 2 heteroatoms. The van der Waals surface area contributed by atoms with Crippen molar-refractivity contribution >= 4 is 5.97 Å². The Morgan fingerprint density at radius 3 is 2.73 bits per heavy atom. The van der Waals surface area contributed by atoms with Gasteiger partial charge in [0, 0.05) is 5.92 Å². The maximum Gasteiger partial charge on any atom is 0.309 e. The van der Waals surface area contributed by atoms with Crippen molar-refractivity contribution in [2.24, 2.45) is 17.8 Å². The molecule has 62 valence electrons. The van der Waals surface area contributed by atoms with E-state index in [-0.39, 0.29) is 18.0 Å². The van der Waals surface area contributed by atoms with Crippen LogP contribution in [0.5, 0.6) is 0 Å². The number of hydrogen-bond acceptors (Lipinski definition) is 2. The summed E-state index contributed by atoms with van der Waals surface area (Å²) >= 11 is 0. The number of rotatable bonds is 0. The molecule has 2 aliphatic rings. The van der Waals surface area contributed by atoms with Crippen LogP contribution in [0, 0.1) is 17.8 Å². The van der Waals surface area contributed by atoms with E-state index in [0.717, 1.165) is 0 Å². The maximum atomic E-state index is 11.3. The molecule has 0 aromatic heterocycles. The summed E-state index contributed by atoms with van der Waals surface area (Å²) in [6.07, 6.45) is 2.56. The first-order valence-corrected chi connectivity index (χ1v) is 4.40. The third kappa shape index (κ3) is 0.883. The van der Waals surface area contributed by atoms with E-state index in [0.29, 0.717) is 11.8 Å². The molecule has 0 radical (unpaired) electrons. The number of cyclic esters (lactones) is 1. The monoisotopic (exact) mass is 154 g/mol. The van der Waals surface area contributed by atoms with E-state index in [9.17, 15) is 4.79 Å². The van der Waals surface area contributed by atoms with Gasteiger partial charge in [-0.3, -0.25) is 4.79 Å². The third-order valence-electron chi connectivity index (χ3n) is 3.21. The second-order valence-corrected chi connectivity index (χ2v) is 3.89. The number of carbonyl (C=O) groups excluding carboxylic acids is 1. The van der Waals surface area contributed by atoms with Crippen LogP contribution in [0.3, 0.4) is 0 Å². The molecule has 0 amide bonds. The Kier molecular flexibility index (Phi) is 1.44. The molecule has 0 unspecified atom stereocenters. The highest BCUT2D eigenvalue weighted by Crippen LogP contribution is 2.44. The Labute approximate surface area is 66.9 Å². The first-order chi connectivity index (χ1) is 5.20. The average Bonchev–Trinajstić information content (AvgIpc) is 2.41. The van der Waals surface area contributed by atoms with E-state index < -0.39 is 0 Å². The van der Waals surface area contributed by atoms with Crippen LogP contribution in [-0.4, -0.2) is 12.1 Å². The van der Waals surface area contributed by atoms with Crippen LogP contribution in [0.25, 0.3) is 0 Å². The Morgan fingerprint density at radius 1 is 1.36 bits per heavy atom. The highest BCUT2D eigenvalue weighted by atomic mass is 16.6. The van der Waals surface area contributed by atoms with Crippen LogP contribution >= 0.6 is 0 Å². The Bertz CT molecular complexity index is 188. The summed E-state index contributed by atoms with van der Waals surface area (Å²) < 4.78 is 5.16. The zero-order valence-electron chi connectivity index (χ0n) is 7.04. The smallest absolute Gasteiger partial charge is 0.309 e. The van der Waals surface area contributed by atoms with Gasteiger partial charge in [0.1, 0.15) is 6.10 Å². The molecular weight excluding hydrogens is 140 g/mol. The van der Waals surface area contributed by atoms with Gasteiger partial charge in [-0.1, -0.05) is 6.92 Å². The minimum atomic E-state index is 0.0486. The van der Waals surface area contributed by atoms with Gasteiger partial charge in [-0.15, -0.1) is 0 Å². The molecule has 1 saturated carbocycles. The van der Waals surface area contributed by atoms with Gasteiger partial charge in [-0.05, 0) is 25.7 Å². The molecule has 2 nitrogen and oxygen atoms in total. The quantitative estimate of drug-likeness (QED) is 0.495. The summed E-state index contributed by atoms with van der Waals surface area (Å²) in [6.45, 7) is 4.17. The summed E-state index contributed by atoms with van der Waals surface area (Å²) in [5.74, 6) is 1.35. The molecule has 1 saturated heterocycles. The van der Waals surface area contributed by atoms with E-state index in [1.165, 1.54) is 12.8 Å². The molecule has 11 heavy (non-hydrogen) atoms. The Balaban J connectivity index is 2.22. The molecule has 1 aliphatic carbocycles. The van der Waals surface area contributed by atoms with E-state index in [1.807, 2.05) is 6.92 Å². The van der Waals surface area contributed by atoms with Crippen molar-refractivity contribution in [2.45, 2.75) is 32.8 Å². The predicted molar refractivity (Wildman–Crippen MR) is 40.9 cm³/mol. The van der Waals surface area contributed by atoms with Crippen LogP contribution in [0.1, 0.15) is 26.7 Å².